The van der Waals surface area contributed by atoms with Crippen LogP contribution in [0.3, 0.4) is 0 Å². The van der Waals surface area contributed by atoms with Crippen LogP contribution in [-0.4, -0.2) is 17.6 Å². The lowest BCUT2D eigenvalue weighted by molar-refractivity contribution is -0.118. The molecule has 4 nitrogen and oxygen atoms in total. The van der Waals surface area contributed by atoms with Gasteiger partial charge in [-0.2, -0.15) is 0 Å². The molecule has 0 unspecified atom stereocenters. The Balaban J connectivity index is 1.97. The van der Waals surface area contributed by atoms with Gasteiger partial charge in [0.25, 0.3) is 5.91 Å². The number of phenolic OH excluding ortho intramolecular Hbond substituents is 1. The lowest BCUT2D eigenvalue weighted by atomic mass is 10.3. The van der Waals surface area contributed by atoms with Crippen LogP contribution in [0.15, 0.2) is 36.4 Å². The highest BCUT2D eigenvalue weighted by Crippen LogP contribution is 2.33. The van der Waals surface area contributed by atoms with Gasteiger partial charge in [-0.1, -0.05) is 40.9 Å². The van der Waals surface area contributed by atoms with E-state index in [1.165, 1.54) is 24.3 Å². The normalized spacial score (nSPS) is 10.2. The number of benzene rings is 2. The SMILES string of the molecule is O=C(COc1cc(Cl)c(Cl)cc1Cl)Nc1cccc(O)c1. The Bertz CT molecular complexity index is 677. The highest BCUT2D eigenvalue weighted by atomic mass is 35.5. The minimum Gasteiger partial charge on any atom is -0.508 e. The highest BCUT2D eigenvalue weighted by molar-refractivity contribution is 6.43. The Hall–Kier alpha value is -1.62. The first-order valence-electron chi connectivity index (χ1n) is 5.82. The van der Waals surface area contributed by atoms with Crippen LogP contribution >= 0.6 is 34.8 Å². The van der Waals surface area contributed by atoms with Gasteiger partial charge in [0.15, 0.2) is 6.61 Å². The lowest BCUT2D eigenvalue weighted by Gasteiger charge is -2.10. The zero-order valence-electron chi connectivity index (χ0n) is 10.6. The van der Waals surface area contributed by atoms with E-state index in [4.69, 9.17) is 39.5 Å². The molecule has 0 saturated heterocycles. The number of hydrogen-bond donors (Lipinski definition) is 2. The number of anilines is 1. The van der Waals surface area contributed by atoms with Crippen molar-refractivity contribution >= 4 is 46.4 Å². The molecule has 0 saturated carbocycles. The minimum absolute atomic E-state index is 0.0567. The third kappa shape index (κ3) is 4.43. The van der Waals surface area contributed by atoms with Gasteiger partial charge in [-0.3, -0.25) is 4.79 Å². The summed E-state index contributed by atoms with van der Waals surface area (Å²) in [5.41, 5.74) is 0.462. The number of carbonyl (C=O) groups excluding carboxylic acids is 1. The van der Waals surface area contributed by atoms with Crippen molar-refractivity contribution in [3.8, 4) is 11.5 Å². The van der Waals surface area contributed by atoms with Crippen LogP contribution in [0.5, 0.6) is 11.5 Å². The number of rotatable bonds is 4. The second kappa shape index (κ2) is 6.89. The molecule has 2 aromatic rings. The third-order valence-electron chi connectivity index (χ3n) is 2.46. The summed E-state index contributed by atoms with van der Waals surface area (Å²) in [5.74, 6) is -0.0823. The number of hydrogen-bond acceptors (Lipinski definition) is 3. The summed E-state index contributed by atoms with van der Waals surface area (Å²) < 4.78 is 5.29. The molecule has 0 spiro atoms. The minimum atomic E-state index is -0.400. The van der Waals surface area contributed by atoms with Crippen molar-refractivity contribution in [3.63, 3.8) is 0 Å². The molecule has 0 heterocycles. The van der Waals surface area contributed by atoms with Crippen molar-refractivity contribution in [2.75, 3.05) is 11.9 Å². The van der Waals surface area contributed by atoms with E-state index in [-0.39, 0.29) is 28.2 Å². The second-order valence-corrected chi connectivity index (χ2v) is 5.31. The van der Waals surface area contributed by atoms with Crippen molar-refractivity contribution < 1.29 is 14.6 Å². The van der Waals surface area contributed by atoms with Crippen molar-refractivity contribution in [1.29, 1.82) is 0 Å². The van der Waals surface area contributed by atoms with E-state index in [0.717, 1.165) is 0 Å². The van der Waals surface area contributed by atoms with Crippen LogP contribution in [0, 0.1) is 0 Å². The summed E-state index contributed by atoms with van der Waals surface area (Å²) in [6, 6.07) is 9.05. The molecular weight excluding hydrogens is 337 g/mol. The number of ether oxygens (including phenoxy) is 1. The fourth-order valence-corrected chi connectivity index (χ4v) is 2.13. The summed E-state index contributed by atoms with van der Waals surface area (Å²) in [4.78, 5) is 11.7. The summed E-state index contributed by atoms with van der Waals surface area (Å²) in [6.07, 6.45) is 0. The lowest BCUT2D eigenvalue weighted by Crippen LogP contribution is -2.20. The van der Waals surface area contributed by atoms with Crippen LogP contribution < -0.4 is 10.1 Å². The number of phenols is 1. The molecule has 0 aromatic heterocycles. The van der Waals surface area contributed by atoms with Gasteiger partial charge in [0.2, 0.25) is 0 Å². The Morgan fingerprint density at radius 3 is 2.52 bits per heavy atom. The topological polar surface area (TPSA) is 58.6 Å². The van der Waals surface area contributed by atoms with E-state index < -0.39 is 5.91 Å². The standard InChI is InChI=1S/C14H10Cl3NO3/c15-10-5-12(17)13(6-11(10)16)21-7-14(20)18-8-2-1-3-9(19)4-8/h1-6,19H,7H2,(H,18,20). The molecule has 0 aliphatic heterocycles. The van der Waals surface area contributed by atoms with Gasteiger partial charge in [0.05, 0.1) is 15.1 Å². The first kappa shape index (κ1) is 15.8. The first-order valence-corrected chi connectivity index (χ1v) is 6.95. The first-order chi connectivity index (χ1) is 9.95. The molecule has 0 atom stereocenters. The highest BCUT2D eigenvalue weighted by Gasteiger charge is 2.10. The summed E-state index contributed by atoms with van der Waals surface area (Å²) in [7, 11) is 0. The maximum absolute atomic E-state index is 11.7. The Labute approximate surface area is 136 Å². The summed E-state index contributed by atoms with van der Waals surface area (Å²) in [6.45, 7) is -0.257. The zero-order chi connectivity index (χ0) is 15.4. The van der Waals surface area contributed by atoms with Crippen LogP contribution in [0.4, 0.5) is 5.69 Å². The number of nitrogens with one attached hydrogen (secondary N) is 1. The van der Waals surface area contributed by atoms with E-state index in [9.17, 15) is 9.90 Å². The maximum Gasteiger partial charge on any atom is 0.262 e. The fraction of sp³-hybridized carbons (Fsp3) is 0.0714. The number of aromatic hydroxyl groups is 1. The summed E-state index contributed by atoms with van der Waals surface area (Å²) in [5, 5.41) is 12.7. The molecule has 7 heteroatoms. The molecule has 0 aliphatic carbocycles. The predicted octanol–water partition coefficient (Wildman–Crippen LogP) is 4.37. The van der Waals surface area contributed by atoms with E-state index in [1.54, 1.807) is 12.1 Å². The van der Waals surface area contributed by atoms with Crippen LogP contribution in [0.2, 0.25) is 15.1 Å². The molecule has 0 bridgehead atoms. The largest absolute Gasteiger partial charge is 0.508 e. The maximum atomic E-state index is 11.7. The number of amides is 1. The van der Waals surface area contributed by atoms with Gasteiger partial charge in [-0.05, 0) is 18.2 Å². The smallest absolute Gasteiger partial charge is 0.262 e. The average molecular weight is 347 g/mol. The molecule has 2 aromatic carbocycles. The van der Waals surface area contributed by atoms with Crippen molar-refractivity contribution in [1.82, 2.24) is 0 Å². The van der Waals surface area contributed by atoms with Gasteiger partial charge in [0, 0.05) is 17.8 Å². The third-order valence-corrected chi connectivity index (χ3v) is 3.48. The fourth-order valence-electron chi connectivity index (χ4n) is 1.54. The number of carbonyl (C=O) groups is 1. The second-order valence-electron chi connectivity index (χ2n) is 4.08. The van der Waals surface area contributed by atoms with E-state index in [2.05, 4.69) is 5.32 Å². The molecule has 0 aliphatic rings. The molecule has 0 fully saturated rings. The molecular formula is C14H10Cl3NO3. The Kier molecular flexibility index (Phi) is 5.17. The molecule has 21 heavy (non-hydrogen) atoms. The van der Waals surface area contributed by atoms with Crippen LogP contribution in [0.1, 0.15) is 0 Å². The average Bonchev–Trinajstić information content (AvgIpc) is 2.41. The van der Waals surface area contributed by atoms with Gasteiger partial charge < -0.3 is 15.2 Å². The van der Waals surface area contributed by atoms with Crippen molar-refractivity contribution in [2.24, 2.45) is 0 Å². The molecule has 1 amide bonds. The van der Waals surface area contributed by atoms with Crippen LogP contribution in [-0.2, 0) is 4.79 Å². The molecule has 2 rings (SSSR count). The monoisotopic (exact) mass is 345 g/mol. The Morgan fingerprint density at radius 2 is 1.81 bits per heavy atom. The van der Waals surface area contributed by atoms with Crippen molar-refractivity contribution in [2.45, 2.75) is 0 Å². The van der Waals surface area contributed by atoms with E-state index >= 15 is 0 Å². The Morgan fingerprint density at radius 1 is 1.10 bits per heavy atom. The van der Waals surface area contributed by atoms with Crippen LogP contribution in [0.25, 0.3) is 0 Å². The van der Waals surface area contributed by atoms with Crippen molar-refractivity contribution in [3.05, 3.63) is 51.5 Å². The van der Waals surface area contributed by atoms with E-state index in [1.807, 2.05) is 0 Å². The van der Waals surface area contributed by atoms with Gasteiger partial charge in [0.1, 0.15) is 11.5 Å². The molecule has 2 N–H and O–H groups in total. The summed E-state index contributed by atoms with van der Waals surface area (Å²) >= 11 is 17.6. The number of halogens is 3. The molecule has 110 valence electrons. The molecule has 0 radical (unpaired) electrons. The van der Waals surface area contributed by atoms with Gasteiger partial charge in [-0.15, -0.1) is 0 Å². The quantitative estimate of drug-likeness (QED) is 0.808. The van der Waals surface area contributed by atoms with E-state index in [0.29, 0.717) is 10.7 Å². The van der Waals surface area contributed by atoms with Gasteiger partial charge in [-0.25, -0.2) is 0 Å². The van der Waals surface area contributed by atoms with Gasteiger partial charge >= 0.3 is 0 Å². The zero-order valence-corrected chi connectivity index (χ0v) is 12.8. The predicted molar refractivity (Wildman–Crippen MR) is 83.7 cm³/mol.